The van der Waals surface area contributed by atoms with E-state index >= 15 is 0 Å². The van der Waals surface area contributed by atoms with Gasteiger partial charge in [0.15, 0.2) is 0 Å². The highest BCUT2D eigenvalue weighted by Gasteiger charge is 2.31. The summed E-state index contributed by atoms with van der Waals surface area (Å²) in [6.07, 6.45) is 5.92. The van der Waals surface area contributed by atoms with Crippen LogP contribution in [0, 0.1) is 0 Å². The van der Waals surface area contributed by atoms with Crippen LogP contribution in [0.15, 0.2) is 47.4 Å². The zero-order valence-corrected chi connectivity index (χ0v) is 21.7. The van der Waals surface area contributed by atoms with Crippen LogP contribution in [0.4, 0.5) is 0 Å². The Kier molecular flexibility index (Phi) is 10.2. The van der Waals surface area contributed by atoms with Gasteiger partial charge in [-0.1, -0.05) is 67.1 Å². The van der Waals surface area contributed by atoms with E-state index in [-0.39, 0.29) is 30.2 Å². The molecule has 3 rings (SSSR count). The molecule has 1 fully saturated rings. The first-order valence-electron chi connectivity index (χ1n) is 11.3. The average Bonchev–Trinajstić information content (AvgIpc) is 2.81. The van der Waals surface area contributed by atoms with Gasteiger partial charge in [0.2, 0.25) is 11.8 Å². The summed E-state index contributed by atoms with van der Waals surface area (Å²) in [6, 6.07) is 12.2. The van der Waals surface area contributed by atoms with E-state index in [1.165, 1.54) is 18.2 Å². The summed E-state index contributed by atoms with van der Waals surface area (Å²) in [5.41, 5.74) is 0.648. The molecule has 0 radical (unpaired) electrons. The summed E-state index contributed by atoms with van der Waals surface area (Å²) in [4.78, 5) is 29.2. The largest absolute Gasteiger partial charge is 0.352 e. The molecule has 33 heavy (non-hydrogen) atoms. The molecule has 0 unspecified atom stereocenters. The molecule has 1 atom stereocenters. The molecule has 1 aliphatic rings. The fourth-order valence-corrected chi connectivity index (χ4v) is 5.50. The van der Waals surface area contributed by atoms with E-state index in [9.17, 15) is 9.59 Å². The smallest absolute Gasteiger partial charge is 0.243 e. The maximum Gasteiger partial charge on any atom is 0.243 e. The van der Waals surface area contributed by atoms with E-state index in [2.05, 4.69) is 5.32 Å². The molecular formula is C25H29Cl3N2O2S. The molecule has 4 nitrogen and oxygen atoms in total. The second-order valence-electron chi connectivity index (χ2n) is 8.23. The van der Waals surface area contributed by atoms with Crippen LogP contribution in [-0.2, 0) is 16.1 Å². The standard InChI is InChI=1S/C25H29Cl3N2O2S/c1-2-23(25(32)29-18-7-4-3-5-8-18)30(15-20-21(27)9-6-10-22(20)28)24(31)16-33-19-13-11-17(26)12-14-19/h6,9-14,18,23H,2-5,7-8,15-16H2,1H3,(H,29,32)/t23-/m1/s1. The Labute approximate surface area is 215 Å². The van der Waals surface area contributed by atoms with Gasteiger partial charge < -0.3 is 10.2 Å². The highest BCUT2D eigenvalue weighted by Crippen LogP contribution is 2.28. The zero-order valence-electron chi connectivity index (χ0n) is 18.7. The number of hydrogen-bond donors (Lipinski definition) is 1. The lowest BCUT2D eigenvalue weighted by molar-refractivity contribution is -0.139. The Morgan fingerprint density at radius 3 is 2.27 bits per heavy atom. The summed E-state index contributed by atoms with van der Waals surface area (Å²) in [6.45, 7) is 2.10. The molecule has 1 aliphatic carbocycles. The van der Waals surface area contributed by atoms with E-state index in [4.69, 9.17) is 34.8 Å². The quantitative estimate of drug-likeness (QED) is 0.357. The van der Waals surface area contributed by atoms with Crippen molar-refractivity contribution >= 4 is 58.4 Å². The second-order valence-corrected chi connectivity index (χ2v) is 10.5. The lowest BCUT2D eigenvalue weighted by Gasteiger charge is -2.33. The van der Waals surface area contributed by atoms with Crippen molar-refractivity contribution < 1.29 is 9.59 Å². The number of halogens is 3. The van der Waals surface area contributed by atoms with Crippen molar-refractivity contribution in [2.45, 2.75) is 69.0 Å². The van der Waals surface area contributed by atoms with E-state index in [1.54, 1.807) is 35.2 Å². The molecule has 1 saturated carbocycles. The number of nitrogens with zero attached hydrogens (tertiary/aromatic N) is 1. The van der Waals surface area contributed by atoms with Crippen molar-refractivity contribution in [1.82, 2.24) is 10.2 Å². The van der Waals surface area contributed by atoms with Crippen molar-refractivity contribution in [2.24, 2.45) is 0 Å². The molecule has 178 valence electrons. The summed E-state index contributed by atoms with van der Waals surface area (Å²) in [5, 5.41) is 4.78. The Balaban J connectivity index is 1.79. The maximum absolute atomic E-state index is 13.4. The number of amides is 2. The third kappa shape index (κ3) is 7.54. The van der Waals surface area contributed by atoms with E-state index < -0.39 is 6.04 Å². The molecule has 2 aromatic carbocycles. The van der Waals surface area contributed by atoms with Crippen LogP contribution in [-0.4, -0.2) is 34.6 Å². The van der Waals surface area contributed by atoms with Crippen molar-refractivity contribution in [3.63, 3.8) is 0 Å². The van der Waals surface area contributed by atoms with Gasteiger partial charge in [-0.15, -0.1) is 11.8 Å². The fourth-order valence-electron chi connectivity index (χ4n) is 4.08. The summed E-state index contributed by atoms with van der Waals surface area (Å²) in [7, 11) is 0. The molecular weight excluding hydrogens is 499 g/mol. The molecule has 2 amide bonds. The Morgan fingerprint density at radius 1 is 1.03 bits per heavy atom. The fraction of sp³-hybridized carbons (Fsp3) is 0.440. The first-order chi connectivity index (χ1) is 15.9. The predicted molar refractivity (Wildman–Crippen MR) is 138 cm³/mol. The first-order valence-corrected chi connectivity index (χ1v) is 13.4. The summed E-state index contributed by atoms with van der Waals surface area (Å²) >= 11 is 20.2. The molecule has 0 saturated heterocycles. The topological polar surface area (TPSA) is 49.4 Å². The van der Waals surface area contributed by atoms with Gasteiger partial charge >= 0.3 is 0 Å². The van der Waals surface area contributed by atoms with Gasteiger partial charge in [0.05, 0.1) is 5.75 Å². The van der Waals surface area contributed by atoms with Gasteiger partial charge in [-0.2, -0.15) is 0 Å². The van der Waals surface area contributed by atoms with Gasteiger partial charge in [-0.05, 0) is 55.7 Å². The predicted octanol–water partition coefficient (Wildman–Crippen LogP) is 7.00. The van der Waals surface area contributed by atoms with Gasteiger partial charge in [-0.25, -0.2) is 0 Å². The van der Waals surface area contributed by atoms with Crippen LogP contribution < -0.4 is 5.32 Å². The zero-order chi connectivity index (χ0) is 23.8. The summed E-state index contributed by atoms with van der Waals surface area (Å²) < 4.78 is 0. The van der Waals surface area contributed by atoms with Crippen LogP contribution in [0.25, 0.3) is 0 Å². The second kappa shape index (κ2) is 12.9. The molecule has 2 aromatic rings. The van der Waals surface area contributed by atoms with E-state index in [0.717, 1.165) is 30.6 Å². The molecule has 0 spiro atoms. The number of carbonyl (C=O) groups excluding carboxylic acids is 2. The highest BCUT2D eigenvalue weighted by atomic mass is 35.5. The van der Waals surface area contributed by atoms with Gasteiger partial charge in [-0.3, -0.25) is 9.59 Å². The molecule has 0 aliphatic heterocycles. The van der Waals surface area contributed by atoms with Gasteiger partial charge in [0.25, 0.3) is 0 Å². The van der Waals surface area contributed by atoms with Gasteiger partial charge in [0, 0.05) is 38.1 Å². The minimum atomic E-state index is -0.599. The maximum atomic E-state index is 13.4. The third-order valence-electron chi connectivity index (χ3n) is 5.90. The Morgan fingerprint density at radius 2 is 1.67 bits per heavy atom. The minimum absolute atomic E-state index is 0.114. The van der Waals surface area contributed by atoms with Crippen molar-refractivity contribution in [1.29, 1.82) is 0 Å². The highest BCUT2D eigenvalue weighted by molar-refractivity contribution is 8.00. The van der Waals surface area contributed by atoms with Crippen molar-refractivity contribution in [3.05, 3.63) is 63.1 Å². The lowest BCUT2D eigenvalue weighted by atomic mass is 9.95. The number of benzene rings is 2. The monoisotopic (exact) mass is 526 g/mol. The Bertz CT molecular complexity index is 929. The number of hydrogen-bond acceptors (Lipinski definition) is 3. The average molecular weight is 528 g/mol. The lowest BCUT2D eigenvalue weighted by Crippen LogP contribution is -2.52. The van der Waals surface area contributed by atoms with Crippen LogP contribution in [0.3, 0.4) is 0 Å². The van der Waals surface area contributed by atoms with Crippen LogP contribution in [0.2, 0.25) is 15.1 Å². The molecule has 0 bridgehead atoms. The normalized spacial score (nSPS) is 15.2. The number of thioether (sulfide) groups is 1. The SMILES string of the molecule is CC[C@H](C(=O)NC1CCCCC1)N(Cc1c(Cl)cccc1Cl)C(=O)CSc1ccc(Cl)cc1. The van der Waals surface area contributed by atoms with Crippen LogP contribution in [0.5, 0.6) is 0 Å². The number of nitrogens with one attached hydrogen (secondary N) is 1. The van der Waals surface area contributed by atoms with E-state index in [0.29, 0.717) is 27.1 Å². The van der Waals surface area contributed by atoms with Crippen molar-refractivity contribution in [3.8, 4) is 0 Å². The van der Waals surface area contributed by atoms with Crippen LogP contribution in [0.1, 0.15) is 51.0 Å². The minimum Gasteiger partial charge on any atom is -0.352 e. The molecule has 8 heteroatoms. The Hall–Kier alpha value is -1.40. The number of carbonyl (C=O) groups is 2. The first kappa shape index (κ1) is 26.2. The van der Waals surface area contributed by atoms with E-state index in [1.807, 2.05) is 19.1 Å². The van der Waals surface area contributed by atoms with Crippen LogP contribution >= 0.6 is 46.6 Å². The third-order valence-corrected chi connectivity index (χ3v) is 7.86. The molecule has 0 aromatic heterocycles. The molecule has 1 N–H and O–H groups in total. The van der Waals surface area contributed by atoms with Crippen molar-refractivity contribution in [2.75, 3.05) is 5.75 Å². The molecule has 0 heterocycles. The number of rotatable bonds is 9. The van der Waals surface area contributed by atoms with Gasteiger partial charge in [0.1, 0.15) is 6.04 Å². The summed E-state index contributed by atoms with van der Waals surface area (Å²) in [5.74, 6) is -0.0642.